The summed E-state index contributed by atoms with van der Waals surface area (Å²) in [6.45, 7) is 11.4. The van der Waals surface area contributed by atoms with Crippen LogP contribution in [0.2, 0.25) is 0 Å². The maximum absolute atomic E-state index is 14.4. The van der Waals surface area contributed by atoms with E-state index in [1.54, 1.807) is 27.9 Å². The van der Waals surface area contributed by atoms with Gasteiger partial charge in [-0.3, -0.25) is 48.2 Å². The van der Waals surface area contributed by atoms with Crippen LogP contribution in [0.15, 0.2) is 30.4 Å². The minimum Gasteiger partial charge on any atom is -0.507 e. The molecule has 454 valence electrons. The third-order valence-corrected chi connectivity index (χ3v) is 15.6. The first-order chi connectivity index (χ1) is 39.8. The van der Waals surface area contributed by atoms with Crippen molar-refractivity contribution in [3.05, 3.63) is 63.7 Å². The zero-order chi connectivity index (χ0) is 59.7. The fourth-order valence-corrected chi connectivity index (χ4v) is 11.3. The average molecular weight is 1170 g/mol. The number of phenols is 2. The molecular formula is C57H76N6O20. The van der Waals surface area contributed by atoms with Crippen molar-refractivity contribution in [1.29, 1.82) is 0 Å². The lowest BCUT2D eigenvalue weighted by Gasteiger charge is -2.44. The van der Waals surface area contributed by atoms with Crippen molar-refractivity contribution in [2.45, 2.75) is 116 Å². The molecule has 10 atom stereocenters. The maximum Gasteiger partial charge on any atom is 0.253 e. The van der Waals surface area contributed by atoms with Crippen molar-refractivity contribution >= 4 is 47.0 Å². The van der Waals surface area contributed by atoms with Crippen LogP contribution >= 0.6 is 0 Å². The molecule has 6 amide bonds. The van der Waals surface area contributed by atoms with Crippen molar-refractivity contribution in [1.82, 2.24) is 31.1 Å². The van der Waals surface area contributed by atoms with Crippen LogP contribution in [0.4, 0.5) is 0 Å². The number of ether oxygens (including phenoxy) is 10. The number of fused-ring (bicyclic) bond motifs is 6. The van der Waals surface area contributed by atoms with Gasteiger partial charge in [-0.05, 0) is 38.7 Å². The molecule has 6 aliphatic rings. The van der Waals surface area contributed by atoms with Crippen LogP contribution in [0.3, 0.4) is 0 Å². The fourth-order valence-electron chi connectivity index (χ4n) is 11.3. The van der Waals surface area contributed by atoms with Crippen molar-refractivity contribution in [2.24, 2.45) is 11.3 Å². The molecule has 6 N–H and O–H groups in total. The predicted molar refractivity (Wildman–Crippen MR) is 289 cm³/mol. The predicted octanol–water partition coefficient (Wildman–Crippen LogP) is 0.685. The number of hydrogen-bond donors (Lipinski definition) is 6. The Morgan fingerprint density at radius 2 is 1.45 bits per heavy atom. The summed E-state index contributed by atoms with van der Waals surface area (Å²) in [4.78, 5) is 109. The number of nitrogens with one attached hydrogen (secondary N) is 4. The van der Waals surface area contributed by atoms with Crippen LogP contribution in [-0.2, 0) is 77.8 Å². The number of imide groups is 1. The molecule has 83 heavy (non-hydrogen) atoms. The van der Waals surface area contributed by atoms with Gasteiger partial charge in [-0.25, -0.2) is 0 Å². The molecule has 0 saturated carbocycles. The van der Waals surface area contributed by atoms with E-state index >= 15 is 0 Å². The standard InChI is InChI=1S/C57H76N6O20/c1-30(2)46(61-38(64)13-18-76-21-23-78-25-26-79-24-22-77-19-16-63-39(65)11-12-40(63)66)53(72)60-31(3)52(71)58-14-15-59-56(73)57(5)28-34-43(50(70)45-44(48(34)68)47(67)33-9-8-10-36(74-6)42(33)49(45)69)37(29-57)82-41-27-35-51(32(4)81-41)83-54-55(75-7)80-20-17-62(35)54/h8-12,30-32,35,37,41,46,51,54-55,68,70H,13-29H2,1-7H3,(H,58,71)(H,59,73)(H,60,72)(H,61,64)/t31-,32-,35-,37-,41-,46-,51+,54+,55-,57?/m0/s1. The molecule has 0 bridgehead atoms. The Balaban J connectivity index is 0.809. The molecule has 3 fully saturated rings. The summed E-state index contributed by atoms with van der Waals surface area (Å²) in [6, 6.07) is 2.29. The fraction of sp³-hybridized carbons (Fsp3) is 0.614. The lowest BCUT2D eigenvalue weighted by molar-refractivity contribution is -0.255. The van der Waals surface area contributed by atoms with Crippen molar-refractivity contribution in [3.8, 4) is 17.2 Å². The van der Waals surface area contributed by atoms with Gasteiger partial charge in [0.05, 0.1) is 107 Å². The number of morpholine rings is 1. The molecule has 8 rings (SSSR count). The van der Waals surface area contributed by atoms with Gasteiger partial charge in [-0.15, -0.1) is 0 Å². The summed E-state index contributed by atoms with van der Waals surface area (Å²) in [7, 11) is 2.89. The Morgan fingerprint density at radius 3 is 2.11 bits per heavy atom. The van der Waals surface area contributed by atoms with E-state index in [0.29, 0.717) is 39.4 Å². The highest BCUT2D eigenvalue weighted by atomic mass is 16.7. The molecule has 26 nitrogen and oxygen atoms in total. The number of carbonyl (C=O) groups excluding carboxylic acids is 8. The van der Waals surface area contributed by atoms with E-state index in [9.17, 15) is 48.6 Å². The van der Waals surface area contributed by atoms with Gasteiger partial charge in [0, 0.05) is 74.5 Å². The molecule has 1 unspecified atom stereocenters. The lowest BCUT2D eigenvalue weighted by Crippen LogP contribution is -2.55. The summed E-state index contributed by atoms with van der Waals surface area (Å²) in [6.07, 6.45) is -1.66. The Kier molecular flexibility index (Phi) is 21.1. The summed E-state index contributed by atoms with van der Waals surface area (Å²) >= 11 is 0. The van der Waals surface area contributed by atoms with Crippen molar-refractivity contribution in [2.75, 3.05) is 99.9 Å². The topological polar surface area (TPSA) is 324 Å². The lowest BCUT2D eigenvalue weighted by atomic mass is 9.68. The first kappa shape index (κ1) is 62.6. The number of carbonyl (C=O) groups is 8. The number of rotatable bonds is 28. The van der Waals surface area contributed by atoms with E-state index in [-0.39, 0.29) is 130 Å². The minimum atomic E-state index is -1.38. The third-order valence-electron chi connectivity index (χ3n) is 15.6. The monoisotopic (exact) mass is 1160 g/mol. The highest BCUT2D eigenvalue weighted by Crippen LogP contribution is 2.55. The third kappa shape index (κ3) is 14.0. The molecule has 26 heteroatoms. The van der Waals surface area contributed by atoms with E-state index in [2.05, 4.69) is 26.2 Å². The van der Waals surface area contributed by atoms with Crippen LogP contribution in [0, 0.1) is 11.3 Å². The second-order valence-corrected chi connectivity index (χ2v) is 21.7. The number of aromatic hydroxyl groups is 2. The van der Waals surface area contributed by atoms with Gasteiger partial charge in [-0.2, -0.15) is 0 Å². The molecule has 0 spiro atoms. The smallest absolute Gasteiger partial charge is 0.253 e. The molecule has 0 radical (unpaired) electrons. The van der Waals surface area contributed by atoms with Crippen molar-refractivity contribution in [3.63, 3.8) is 0 Å². The number of ketones is 2. The first-order valence-electron chi connectivity index (χ1n) is 28.0. The average Bonchev–Trinajstić information content (AvgIpc) is 4.15. The molecular weight excluding hydrogens is 1090 g/mol. The Bertz CT molecular complexity index is 2780. The summed E-state index contributed by atoms with van der Waals surface area (Å²) in [5.41, 5.74) is -2.21. The quantitative estimate of drug-likeness (QED) is 0.0331. The van der Waals surface area contributed by atoms with Gasteiger partial charge in [0.25, 0.3) is 11.8 Å². The highest BCUT2D eigenvalue weighted by Gasteiger charge is 2.55. The van der Waals surface area contributed by atoms with Gasteiger partial charge >= 0.3 is 0 Å². The number of amides is 6. The molecule has 3 saturated heterocycles. The largest absolute Gasteiger partial charge is 0.507 e. The van der Waals surface area contributed by atoms with Gasteiger partial charge in [0.15, 0.2) is 24.6 Å². The zero-order valence-electron chi connectivity index (χ0n) is 47.8. The maximum atomic E-state index is 14.4. The van der Waals surface area contributed by atoms with E-state index in [1.165, 1.54) is 44.4 Å². The SMILES string of the molecule is COc1cccc2c1C(=O)c1c(O)c3c(c(O)c1C2=O)CC(C)(C(=O)NCCNC(=O)[C@H](C)NC(=O)[C@@H](NC(=O)CCOCCOCCOCCOCCN1C(=O)C=CC1=O)C(C)C)C[C@@H]3O[C@H]1C[C@H]2[C@H](O[C@@H]3[C@@H](OC)OCCN32)[C@H](C)O1. The Labute approximate surface area is 480 Å². The summed E-state index contributed by atoms with van der Waals surface area (Å²) in [5.74, 6) is -5.65. The molecule has 2 aromatic carbocycles. The molecule has 2 aliphatic carbocycles. The van der Waals surface area contributed by atoms with Crippen LogP contribution in [0.25, 0.3) is 0 Å². The molecule has 4 heterocycles. The second-order valence-electron chi connectivity index (χ2n) is 21.7. The Hall–Kier alpha value is -6.46. The number of nitrogens with zero attached hydrogens (tertiary/aromatic N) is 2. The van der Waals surface area contributed by atoms with Gasteiger partial charge in [-0.1, -0.05) is 32.9 Å². The van der Waals surface area contributed by atoms with Crippen LogP contribution in [-0.4, -0.2) is 216 Å². The number of benzene rings is 2. The van der Waals surface area contributed by atoms with E-state index in [0.717, 1.165) is 4.90 Å². The molecule has 0 aromatic heterocycles. The van der Waals surface area contributed by atoms with Crippen LogP contribution in [0.1, 0.15) is 103 Å². The summed E-state index contributed by atoms with van der Waals surface area (Å²) < 4.78 is 58.2. The minimum absolute atomic E-state index is 0.0267. The van der Waals surface area contributed by atoms with E-state index in [4.69, 9.17) is 47.4 Å². The van der Waals surface area contributed by atoms with Gasteiger partial charge in [0.2, 0.25) is 29.4 Å². The number of phenolic OH excluding ortho intramolecular Hbond substituents is 2. The summed E-state index contributed by atoms with van der Waals surface area (Å²) in [5, 5.41) is 35.3. The van der Waals surface area contributed by atoms with Gasteiger partial charge < -0.3 is 78.8 Å². The number of hydrogen-bond acceptors (Lipinski definition) is 21. The van der Waals surface area contributed by atoms with E-state index in [1.807, 2.05) is 6.92 Å². The molecule has 2 aromatic rings. The van der Waals surface area contributed by atoms with Gasteiger partial charge in [0.1, 0.15) is 35.4 Å². The first-order valence-corrected chi connectivity index (χ1v) is 28.0. The Morgan fingerprint density at radius 1 is 0.795 bits per heavy atom. The second kappa shape index (κ2) is 28.0. The van der Waals surface area contributed by atoms with Crippen LogP contribution < -0.4 is 26.0 Å². The van der Waals surface area contributed by atoms with Crippen LogP contribution in [0.5, 0.6) is 17.2 Å². The zero-order valence-corrected chi connectivity index (χ0v) is 47.8. The van der Waals surface area contributed by atoms with E-state index < -0.39 is 106 Å². The van der Waals surface area contributed by atoms with Crippen molar-refractivity contribution < 1.29 is 95.9 Å². The number of methoxy groups -OCH3 is 2. The molecule has 4 aliphatic heterocycles. The highest BCUT2D eigenvalue weighted by molar-refractivity contribution is 6.31. The normalized spacial score (nSPS) is 25.3.